The summed E-state index contributed by atoms with van der Waals surface area (Å²) in [6.07, 6.45) is 0. The lowest BCUT2D eigenvalue weighted by molar-refractivity contribution is 0.0806. The highest BCUT2D eigenvalue weighted by Crippen LogP contribution is 2.14. The molecular weight excluding hydrogens is 242 g/mol. The number of rotatable bonds is 6. The van der Waals surface area contributed by atoms with Gasteiger partial charge < -0.3 is 21.5 Å². The topological polar surface area (TPSA) is 90.4 Å². The molecule has 0 aliphatic rings. The maximum atomic E-state index is 12.1. The lowest BCUT2D eigenvalue weighted by atomic mass is 10.0. The standard InChI is InChI=1S/C14H23N3O2/c1-4-19-8-13(9(2)3)17-14(18)10-5-11(15)7-12(16)6-10/h5-7,9,13H,4,8,15-16H2,1-3H3,(H,17,18). The van der Waals surface area contributed by atoms with E-state index in [1.54, 1.807) is 18.2 Å². The first-order valence-corrected chi connectivity index (χ1v) is 6.48. The summed E-state index contributed by atoms with van der Waals surface area (Å²) in [5.74, 6) is 0.103. The Morgan fingerprint density at radius 3 is 2.32 bits per heavy atom. The Hall–Kier alpha value is -1.75. The number of hydrogen-bond donors (Lipinski definition) is 3. The van der Waals surface area contributed by atoms with Crippen molar-refractivity contribution in [3.8, 4) is 0 Å². The number of nitrogen functional groups attached to an aromatic ring is 2. The second kappa shape index (κ2) is 6.99. The molecule has 5 heteroatoms. The summed E-state index contributed by atoms with van der Waals surface area (Å²) in [7, 11) is 0. The number of benzene rings is 1. The van der Waals surface area contributed by atoms with E-state index in [4.69, 9.17) is 16.2 Å². The van der Waals surface area contributed by atoms with Crippen LogP contribution in [0.15, 0.2) is 18.2 Å². The molecule has 19 heavy (non-hydrogen) atoms. The van der Waals surface area contributed by atoms with Gasteiger partial charge in [0.25, 0.3) is 5.91 Å². The number of ether oxygens (including phenoxy) is 1. The first kappa shape index (κ1) is 15.3. The molecule has 1 unspecified atom stereocenters. The Labute approximate surface area is 114 Å². The minimum Gasteiger partial charge on any atom is -0.399 e. The molecule has 0 fully saturated rings. The minimum atomic E-state index is -0.183. The largest absolute Gasteiger partial charge is 0.399 e. The molecule has 5 nitrogen and oxygen atoms in total. The number of nitrogens with one attached hydrogen (secondary N) is 1. The Bertz CT molecular complexity index is 412. The van der Waals surface area contributed by atoms with Gasteiger partial charge in [-0.15, -0.1) is 0 Å². The van der Waals surface area contributed by atoms with Gasteiger partial charge in [0.2, 0.25) is 0 Å². The summed E-state index contributed by atoms with van der Waals surface area (Å²) in [4.78, 5) is 12.1. The molecule has 1 amide bonds. The summed E-state index contributed by atoms with van der Waals surface area (Å²) in [5, 5.41) is 2.95. The zero-order valence-corrected chi connectivity index (χ0v) is 11.8. The summed E-state index contributed by atoms with van der Waals surface area (Å²) in [5.41, 5.74) is 12.8. The van der Waals surface area contributed by atoms with Crippen molar-refractivity contribution in [2.75, 3.05) is 24.7 Å². The van der Waals surface area contributed by atoms with Gasteiger partial charge in [-0.3, -0.25) is 4.79 Å². The molecule has 106 valence electrons. The van der Waals surface area contributed by atoms with Gasteiger partial charge in [-0.2, -0.15) is 0 Å². The van der Waals surface area contributed by atoms with E-state index in [9.17, 15) is 4.79 Å². The van der Waals surface area contributed by atoms with Gasteiger partial charge in [-0.05, 0) is 31.0 Å². The van der Waals surface area contributed by atoms with E-state index < -0.39 is 0 Å². The zero-order chi connectivity index (χ0) is 14.4. The highest BCUT2D eigenvalue weighted by molar-refractivity contribution is 5.96. The Morgan fingerprint density at radius 2 is 1.84 bits per heavy atom. The SMILES string of the molecule is CCOCC(NC(=O)c1cc(N)cc(N)c1)C(C)C. The lowest BCUT2D eigenvalue weighted by Crippen LogP contribution is -2.41. The van der Waals surface area contributed by atoms with Crippen LogP contribution in [0.3, 0.4) is 0 Å². The molecule has 1 rings (SSSR count). The van der Waals surface area contributed by atoms with E-state index in [-0.39, 0.29) is 17.9 Å². The van der Waals surface area contributed by atoms with E-state index >= 15 is 0 Å². The molecule has 0 bridgehead atoms. The second-order valence-corrected chi connectivity index (χ2v) is 4.87. The van der Waals surface area contributed by atoms with Crippen molar-refractivity contribution >= 4 is 17.3 Å². The molecule has 0 saturated heterocycles. The fourth-order valence-corrected chi connectivity index (χ4v) is 1.70. The van der Waals surface area contributed by atoms with Crippen LogP contribution in [0.2, 0.25) is 0 Å². The van der Waals surface area contributed by atoms with Crippen molar-refractivity contribution in [3.05, 3.63) is 23.8 Å². The lowest BCUT2D eigenvalue weighted by Gasteiger charge is -2.22. The number of carbonyl (C=O) groups is 1. The Kier molecular flexibility index (Phi) is 5.63. The second-order valence-electron chi connectivity index (χ2n) is 4.87. The summed E-state index contributed by atoms with van der Waals surface area (Å²) < 4.78 is 5.38. The third-order valence-corrected chi connectivity index (χ3v) is 2.86. The summed E-state index contributed by atoms with van der Waals surface area (Å²) in [6, 6.07) is 4.82. The molecule has 0 spiro atoms. The Balaban J connectivity index is 2.75. The van der Waals surface area contributed by atoms with Crippen LogP contribution in [-0.2, 0) is 4.74 Å². The number of nitrogens with two attached hydrogens (primary N) is 2. The van der Waals surface area contributed by atoms with E-state index in [1.807, 2.05) is 20.8 Å². The van der Waals surface area contributed by atoms with E-state index in [1.165, 1.54) is 0 Å². The average molecular weight is 265 g/mol. The van der Waals surface area contributed by atoms with E-state index in [0.29, 0.717) is 30.2 Å². The highest BCUT2D eigenvalue weighted by atomic mass is 16.5. The van der Waals surface area contributed by atoms with Crippen LogP contribution in [-0.4, -0.2) is 25.2 Å². The quantitative estimate of drug-likeness (QED) is 0.682. The van der Waals surface area contributed by atoms with Gasteiger partial charge in [-0.1, -0.05) is 13.8 Å². The van der Waals surface area contributed by atoms with Crippen molar-refractivity contribution in [2.45, 2.75) is 26.8 Å². The van der Waals surface area contributed by atoms with Crippen LogP contribution in [0, 0.1) is 5.92 Å². The van der Waals surface area contributed by atoms with Gasteiger partial charge in [0.1, 0.15) is 0 Å². The molecule has 0 saturated carbocycles. The third kappa shape index (κ3) is 4.79. The molecule has 1 aromatic carbocycles. The Morgan fingerprint density at radius 1 is 1.26 bits per heavy atom. The average Bonchev–Trinajstić information content (AvgIpc) is 2.32. The maximum Gasteiger partial charge on any atom is 0.251 e. The van der Waals surface area contributed by atoms with Gasteiger partial charge in [0, 0.05) is 23.5 Å². The van der Waals surface area contributed by atoms with Crippen molar-refractivity contribution in [3.63, 3.8) is 0 Å². The van der Waals surface area contributed by atoms with Gasteiger partial charge >= 0.3 is 0 Å². The fourth-order valence-electron chi connectivity index (χ4n) is 1.70. The molecule has 0 aliphatic carbocycles. The molecular formula is C14H23N3O2. The summed E-state index contributed by atoms with van der Waals surface area (Å²) in [6.45, 7) is 7.13. The molecule has 0 aliphatic heterocycles. The smallest absolute Gasteiger partial charge is 0.251 e. The molecule has 1 atom stereocenters. The van der Waals surface area contributed by atoms with Crippen LogP contribution < -0.4 is 16.8 Å². The van der Waals surface area contributed by atoms with Crippen LogP contribution in [0.25, 0.3) is 0 Å². The maximum absolute atomic E-state index is 12.1. The first-order chi connectivity index (χ1) is 8.93. The molecule has 5 N–H and O–H groups in total. The predicted molar refractivity (Wildman–Crippen MR) is 77.9 cm³/mol. The molecule has 0 heterocycles. The monoisotopic (exact) mass is 265 g/mol. The summed E-state index contributed by atoms with van der Waals surface area (Å²) >= 11 is 0. The van der Waals surface area contributed by atoms with Crippen molar-refractivity contribution in [1.82, 2.24) is 5.32 Å². The van der Waals surface area contributed by atoms with Crippen molar-refractivity contribution < 1.29 is 9.53 Å². The van der Waals surface area contributed by atoms with Gasteiger partial charge in [0.05, 0.1) is 12.6 Å². The van der Waals surface area contributed by atoms with Crippen LogP contribution in [0.5, 0.6) is 0 Å². The van der Waals surface area contributed by atoms with Crippen LogP contribution >= 0.6 is 0 Å². The number of amides is 1. The molecule has 0 radical (unpaired) electrons. The predicted octanol–water partition coefficient (Wildman–Crippen LogP) is 1.64. The van der Waals surface area contributed by atoms with E-state index in [2.05, 4.69) is 5.32 Å². The van der Waals surface area contributed by atoms with Crippen LogP contribution in [0.1, 0.15) is 31.1 Å². The molecule has 0 aromatic heterocycles. The highest BCUT2D eigenvalue weighted by Gasteiger charge is 2.17. The van der Waals surface area contributed by atoms with E-state index in [0.717, 1.165) is 0 Å². The van der Waals surface area contributed by atoms with Gasteiger partial charge in [0.15, 0.2) is 0 Å². The zero-order valence-electron chi connectivity index (χ0n) is 11.8. The number of anilines is 2. The van der Waals surface area contributed by atoms with Crippen LogP contribution in [0.4, 0.5) is 11.4 Å². The fraction of sp³-hybridized carbons (Fsp3) is 0.500. The molecule has 1 aromatic rings. The van der Waals surface area contributed by atoms with Gasteiger partial charge in [-0.25, -0.2) is 0 Å². The first-order valence-electron chi connectivity index (χ1n) is 6.48. The number of hydrogen-bond acceptors (Lipinski definition) is 4. The minimum absolute atomic E-state index is 0.0323. The van der Waals surface area contributed by atoms with Crippen molar-refractivity contribution in [1.29, 1.82) is 0 Å². The number of carbonyl (C=O) groups excluding carboxylic acids is 1. The third-order valence-electron chi connectivity index (χ3n) is 2.86. The normalized spacial score (nSPS) is 12.4. The van der Waals surface area contributed by atoms with Crippen molar-refractivity contribution in [2.24, 2.45) is 5.92 Å².